The molecule has 10 heteroatoms. The highest BCUT2D eigenvalue weighted by atomic mass is 79.9. The number of methoxy groups -OCH3 is 1. The molecule has 1 amide bonds. The molecule has 3 aromatic rings. The summed E-state index contributed by atoms with van der Waals surface area (Å²) in [7, 11) is 1.54. The Labute approximate surface area is 216 Å². The van der Waals surface area contributed by atoms with E-state index in [1.165, 1.54) is 18.2 Å². The lowest BCUT2D eigenvalue weighted by Gasteiger charge is -2.15. The van der Waals surface area contributed by atoms with Crippen molar-refractivity contribution < 1.29 is 23.9 Å². The Morgan fingerprint density at radius 2 is 1.92 bits per heavy atom. The molecule has 36 heavy (non-hydrogen) atoms. The highest BCUT2D eigenvalue weighted by Gasteiger charge is 2.15. The summed E-state index contributed by atoms with van der Waals surface area (Å²) < 4.78 is 17.2. The molecule has 0 aliphatic heterocycles. The van der Waals surface area contributed by atoms with Gasteiger partial charge in [0, 0.05) is 17.8 Å². The summed E-state index contributed by atoms with van der Waals surface area (Å²) in [6.45, 7) is 2.23. The van der Waals surface area contributed by atoms with Gasteiger partial charge in [-0.3, -0.25) is 14.9 Å². The maximum absolute atomic E-state index is 12.7. The van der Waals surface area contributed by atoms with Crippen molar-refractivity contribution in [1.29, 1.82) is 5.26 Å². The fourth-order valence-corrected chi connectivity index (χ4v) is 3.75. The summed E-state index contributed by atoms with van der Waals surface area (Å²) in [5.74, 6) is 0.853. The summed E-state index contributed by atoms with van der Waals surface area (Å²) in [6.07, 6.45) is 1.44. The SMILES string of the molecule is CCOc1cc(/C=C(\C#N)C(=O)Nc2ccc(OC)cc2)cc(Br)c1OCc1cccc([N+](=O)[O-])c1. The van der Waals surface area contributed by atoms with Crippen molar-refractivity contribution in [3.63, 3.8) is 0 Å². The Bertz CT molecular complexity index is 1330. The maximum Gasteiger partial charge on any atom is 0.269 e. The minimum absolute atomic E-state index is 0.0300. The quantitative estimate of drug-likeness (QED) is 0.144. The Hall–Kier alpha value is -4.36. The number of nitriles is 1. The molecule has 0 fully saturated rings. The van der Waals surface area contributed by atoms with Gasteiger partial charge in [0.25, 0.3) is 11.6 Å². The van der Waals surface area contributed by atoms with Gasteiger partial charge in [0.05, 0.1) is 23.1 Å². The van der Waals surface area contributed by atoms with E-state index >= 15 is 0 Å². The number of carbonyl (C=O) groups is 1. The largest absolute Gasteiger partial charge is 0.497 e. The highest BCUT2D eigenvalue weighted by molar-refractivity contribution is 9.10. The van der Waals surface area contributed by atoms with E-state index in [0.29, 0.717) is 45.1 Å². The van der Waals surface area contributed by atoms with E-state index in [-0.39, 0.29) is 17.9 Å². The van der Waals surface area contributed by atoms with Gasteiger partial charge in [-0.2, -0.15) is 5.26 Å². The molecule has 0 aromatic heterocycles. The zero-order valence-electron chi connectivity index (χ0n) is 19.5. The van der Waals surface area contributed by atoms with Gasteiger partial charge in [-0.1, -0.05) is 12.1 Å². The number of nitro groups is 1. The number of amides is 1. The van der Waals surface area contributed by atoms with Crippen LogP contribution in [0.25, 0.3) is 6.08 Å². The molecule has 0 saturated carbocycles. The minimum atomic E-state index is -0.567. The lowest BCUT2D eigenvalue weighted by atomic mass is 10.1. The maximum atomic E-state index is 12.7. The second kappa shape index (κ2) is 12.4. The Morgan fingerprint density at radius 1 is 1.17 bits per heavy atom. The molecule has 0 saturated heterocycles. The highest BCUT2D eigenvalue weighted by Crippen LogP contribution is 2.38. The monoisotopic (exact) mass is 551 g/mol. The Morgan fingerprint density at radius 3 is 2.56 bits per heavy atom. The van der Waals surface area contributed by atoms with Crippen LogP contribution in [0.4, 0.5) is 11.4 Å². The number of carbonyl (C=O) groups excluding carboxylic acids is 1. The van der Waals surface area contributed by atoms with Crippen molar-refractivity contribution in [2.45, 2.75) is 13.5 Å². The van der Waals surface area contributed by atoms with Crippen molar-refractivity contribution in [1.82, 2.24) is 0 Å². The van der Waals surface area contributed by atoms with Crippen molar-refractivity contribution in [2.75, 3.05) is 19.0 Å². The molecule has 3 aromatic carbocycles. The van der Waals surface area contributed by atoms with Crippen LogP contribution in [0.1, 0.15) is 18.1 Å². The molecular weight excluding hydrogens is 530 g/mol. The third-order valence-electron chi connectivity index (χ3n) is 4.86. The number of hydrogen-bond donors (Lipinski definition) is 1. The first-order chi connectivity index (χ1) is 17.3. The van der Waals surface area contributed by atoms with E-state index in [9.17, 15) is 20.2 Å². The fourth-order valence-electron chi connectivity index (χ4n) is 3.18. The van der Waals surface area contributed by atoms with Crippen LogP contribution in [0, 0.1) is 21.4 Å². The van der Waals surface area contributed by atoms with E-state index in [1.807, 2.05) is 13.0 Å². The van der Waals surface area contributed by atoms with Crippen molar-refractivity contribution in [2.24, 2.45) is 0 Å². The van der Waals surface area contributed by atoms with Crippen molar-refractivity contribution in [3.05, 3.63) is 92.0 Å². The van der Waals surface area contributed by atoms with Crippen molar-refractivity contribution >= 4 is 39.3 Å². The average molecular weight is 552 g/mol. The van der Waals surface area contributed by atoms with Gasteiger partial charge in [-0.05, 0) is 76.5 Å². The van der Waals surface area contributed by atoms with Crippen LogP contribution in [0.5, 0.6) is 17.2 Å². The van der Waals surface area contributed by atoms with E-state index in [4.69, 9.17) is 14.2 Å². The van der Waals surface area contributed by atoms with Crippen LogP contribution in [0.2, 0.25) is 0 Å². The number of non-ortho nitro benzene ring substituents is 1. The second-order valence-corrected chi connectivity index (χ2v) is 8.19. The molecule has 0 atom stereocenters. The van der Waals surface area contributed by atoms with E-state index in [2.05, 4.69) is 21.2 Å². The Balaban J connectivity index is 1.82. The molecule has 3 rings (SSSR count). The molecule has 0 radical (unpaired) electrons. The number of rotatable bonds is 10. The first-order valence-electron chi connectivity index (χ1n) is 10.7. The second-order valence-electron chi connectivity index (χ2n) is 7.33. The molecule has 1 N–H and O–H groups in total. The minimum Gasteiger partial charge on any atom is -0.497 e. The molecule has 0 bridgehead atoms. The third kappa shape index (κ3) is 6.84. The van der Waals surface area contributed by atoms with Crippen LogP contribution >= 0.6 is 15.9 Å². The van der Waals surface area contributed by atoms with Crippen molar-refractivity contribution in [3.8, 4) is 23.3 Å². The number of hydrogen-bond acceptors (Lipinski definition) is 7. The topological polar surface area (TPSA) is 124 Å². The molecule has 0 spiro atoms. The predicted octanol–water partition coefficient (Wildman–Crippen LogP) is 5.89. The normalized spacial score (nSPS) is 10.8. The number of nitrogens with one attached hydrogen (secondary N) is 1. The summed E-state index contributed by atoms with van der Waals surface area (Å²) in [5.41, 5.74) is 1.53. The molecule has 184 valence electrons. The molecule has 0 aliphatic rings. The van der Waals surface area contributed by atoms with Gasteiger partial charge in [0.15, 0.2) is 11.5 Å². The summed E-state index contributed by atoms with van der Waals surface area (Å²) >= 11 is 3.46. The first kappa shape index (κ1) is 26.2. The van der Waals surface area contributed by atoms with Gasteiger partial charge >= 0.3 is 0 Å². The van der Waals surface area contributed by atoms with Crippen LogP contribution in [0.3, 0.4) is 0 Å². The lowest BCUT2D eigenvalue weighted by Crippen LogP contribution is -2.13. The summed E-state index contributed by atoms with van der Waals surface area (Å²) in [6, 6.07) is 18.1. The van der Waals surface area contributed by atoms with Crippen LogP contribution in [-0.2, 0) is 11.4 Å². The van der Waals surface area contributed by atoms with Gasteiger partial charge in [0.1, 0.15) is 24.0 Å². The summed E-state index contributed by atoms with van der Waals surface area (Å²) in [4.78, 5) is 23.2. The molecular formula is C26H22BrN3O6. The van der Waals surface area contributed by atoms with Crippen LogP contribution in [-0.4, -0.2) is 24.5 Å². The zero-order chi connectivity index (χ0) is 26.1. The number of halogens is 1. The number of nitrogens with zero attached hydrogens (tertiary/aromatic N) is 2. The van der Waals surface area contributed by atoms with Crippen LogP contribution < -0.4 is 19.5 Å². The molecule has 0 unspecified atom stereocenters. The third-order valence-corrected chi connectivity index (χ3v) is 5.45. The van der Waals surface area contributed by atoms with Gasteiger partial charge in [0.2, 0.25) is 0 Å². The zero-order valence-corrected chi connectivity index (χ0v) is 21.1. The fraction of sp³-hybridized carbons (Fsp3) is 0.154. The molecule has 9 nitrogen and oxygen atoms in total. The molecule has 0 aliphatic carbocycles. The number of anilines is 1. The molecule has 0 heterocycles. The lowest BCUT2D eigenvalue weighted by molar-refractivity contribution is -0.384. The van der Waals surface area contributed by atoms with E-state index < -0.39 is 10.8 Å². The van der Waals surface area contributed by atoms with E-state index in [1.54, 1.807) is 55.6 Å². The summed E-state index contributed by atoms with van der Waals surface area (Å²) in [5, 5.41) is 23.3. The number of ether oxygens (including phenoxy) is 3. The van der Waals surface area contributed by atoms with Gasteiger partial charge < -0.3 is 19.5 Å². The van der Waals surface area contributed by atoms with Gasteiger partial charge in [-0.15, -0.1) is 0 Å². The Kier molecular flexibility index (Phi) is 9.02. The standard InChI is InChI=1S/C26H22BrN3O6/c1-3-35-24-14-18(11-19(15-28)26(31)29-20-7-9-22(34-2)10-8-20)13-23(27)25(24)36-16-17-5-4-6-21(12-17)30(32)33/h4-14H,3,16H2,1-2H3,(H,29,31)/b19-11+. The average Bonchev–Trinajstić information content (AvgIpc) is 2.87. The van der Waals surface area contributed by atoms with Gasteiger partial charge in [-0.25, -0.2) is 0 Å². The van der Waals surface area contributed by atoms with E-state index in [0.717, 1.165) is 0 Å². The smallest absolute Gasteiger partial charge is 0.269 e. The predicted molar refractivity (Wildman–Crippen MR) is 138 cm³/mol. The van der Waals surface area contributed by atoms with Crippen LogP contribution in [0.15, 0.2) is 70.7 Å². The number of nitro benzene ring substituents is 1. The number of benzene rings is 3. The first-order valence-corrected chi connectivity index (χ1v) is 11.5.